The van der Waals surface area contributed by atoms with Crippen molar-refractivity contribution >= 4 is 34.2 Å². The minimum Gasteiger partial charge on any atom is -0.460 e. The number of esters is 1. The summed E-state index contributed by atoms with van der Waals surface area (Å²) in [6.45, 7) is 7.92. The number of nitrogens with zero attached hydrogens (tertiary/aromatic N) is 4. The number of anilines is 3. The van der Waals surface area contributed by atoms with Gasteiger partial charge in [-0.2, -0.15) is 10.4 Å². The van der Waals surface area contributed by atoms with Gasteiger partial charge in [0, 0.05) is 24.2 Å². The number of hydrogen-bond donors (Lipinski definition) is 2. The highest BCUT2D eigenvalue weighted by Gasteiger charge is 2.27. The van der Waals surface area contributed by atoms with Crippen LogP contribution in [0.2, 0.25) is 0 Å². The fourth-order valence-corrected chi connectivity index (χ4v) is 4.65. The van der Waals surface area contributed by atoms with Gasteiger partial charge in [-0.3, -0.25) is 9.48 Å². The highest BCUT2D eigenvalue weighted by molar-refractivity contribution is 5.83. The van der Waals surface area contributed by atoms with Crippen LogP contribution in [-0.2, 0) is 20.8 Å². The van der Waals surface area contributed by atoms with Gasteiger partial charge in [0.25, 0.3) is 0 Å². The van der Waals surface area contributed by atoms with Crippen molar-refractivity contribution in [2.75, 3.05) is 24.4 Å². The maximum absolute atomic E-state index is 15.3. The Balaban J connectivity index is 1.66. The molecule has 0 saturated carbocycles. The largest absolute Gasteiger partial charge is 0.460 e. The third-order valence-electron chi connectivity index (χ3n) is 6.52. The van der Waals surface area contributed by atoms with Gasteiger partial charge in [-0.05, 0) is 68.7 Å². The number of fused-ring (bicyclic) bond motifs is 1. The molecule has 2 N–H and O–H groups in total. The molecule has 0 spiro atoms. The molecule has 0 bridgehead atoms. The number of halogens is 3. The lowest BCUT2D eigenvalue weighted by Crippen LogP contribution is -2.28. The van der Waals surface area contributed by atoms with E-state index in [-0.39, 0.29) is 29.2 Å². The molecule has 0 saturated heterocycles. The van der Waals surface area contributed by atoms with E-state index >= 15 is 4.39 Å². The van der Waals surface area contributed by atoms with Crippen LogP contribution in [0.15, 0.2) is 48.7 Å². The van der Waals surface area contributed by atoms with Crippen molar-refractivity contribution < 1.29 is 27.4 Å². The van der Waals surface area contributed by atoms with Crippen molar-refractivity contribution in [2.45, 2.75) is 52.3 Å². The average molecular weight is 595 g/mol. The molecule has 43 heavy (non-hydrogen) atoms. The van der Waals surface area contributed by atoms with Crippen LogP contribution >= 0.6 is 0 Å². The standard InChI is InChI=1S/C31H33F3N6O3/c1-18(10-27(41)43-31(2,3)4)28(19-11-22(32)15-23(33)12-19)38-30-25(34)14-20(16-35)29(39-30)37-24-6-7-26-21(13-24)17-36-40(26)8-9-42-5/h6-7,11-15,17-18,28H,8-10H2,1-5H3,(H2,37,38,39)/t18-,28+/m1/s1. The van der Waals surface area contributed by atoms with E-state index in [0.29, 0.717) is 18.8 Å². The van der Waals surface area contributed by atoms with Crippen molar-refractivity contribution in [3.63, 3.8) is 0 Å². The Bertz CT molecular complexity index is 1640. The molecular weight excluding hydrogens is 561 g/mol. The first kappa shape index (κ1) is 31.3. The van der Waals surface area contributed by atoms with Crippen LogP contribution in [0, 0.1) is 34.7 Å². The molecule has 2 aromatic heterocycles. The smallest absolute Gasteiger partial charge is 0.306 e. The number of carbonyl (C=O) groups is 1. The summed E-state index contributed by atoms with van der Waals surface area (Å²) in [7, 11) is 1.61. The topological polar surface area (TPSA) is 114 Å². The molecule has 12 heteroatoms. The summed E-state index contributed by atoms with van der Waals surface area (Å²) in [5, 5.41) is 20.9. The molecule has 0 aliphatic rings. The van der Waals surface area contributed by atoms with Crippen LogP contribution in [0.5, 0.6) is 0 Å². The van der Waals surface area contributed by atoms with Crippen molar-refractivity contribution in [1.29, 1.82) is 5.26 Å². The summed E-state index contributed by atoms with van der Waals surface area (Å²) in [4.78, 5) is 16.9. The second-order valence-corrected chi connectivity index (χ2v) is 11.2. The van der Waals surface area contributed by atoms with Gasteiger partial charge >= 0.3 is 5.97 Å². The summed E-state index contributed by atoms with van der Waals surface area (Å²) in [6.07, 6.45) is 1.56. The highest BCUT2D eigenvalue weighted by atomic mass is 19.1. The van der Waals surface area contributed by atoms with E-state index in [1.54, 1.807) is 51.7 Å². The van der Waals surface area contributed by atoms with Gasteiger partial charge < -0.3 is 20.1 Å². The van der Waals surface area contributed by atoms with Gasteiger partial charge in [0.05, 0.1) is 42.9 Å². The summed E-state index contributed by atoms with van der Waals surface area (Å²) in [5.41, 5.74) is 0.792. The van der Waals surface area contributed by atoms with Crippen molar-refractivity contribution in [3.8, 4) is 6.07 Å². The molecule has 0 aliphatic carbocycles. The van der Waals surface area contributed by atoms with Crippen molar-refractivity contribution in [3.05, 3.63) is 77.2 Å². The van der Waals surface area contributed by atoms with Crippen molar-refractivity contribution in [1.82, 2.24) is 14.8 Å². The molecule has 2 heterocycles. The lowest BCUT2D eigenvalue weighted by atomic mass is 9.91. The predicted octanol–water partition coefficient (Wildman–Crippen LogP) is 6.63. The number of nitriles is 1. The Morgan fingerprint density at radius 3 is 2.47 bits per heavy atom. The maximum atomic E-state index is 15.3. The molecule has 2 atom stereocenters. The Labute approximate surface area is 247 Å². The molecule has 4 aromatic rings. The Morgan fingerprint density at radius 1 is 1.09 bits per heavy atom. The number of nitrogens with one attached hydrogen (secondary N) is 2. The van der Waals surface area contributed by atoms with E-state index in [2.05, 4.69) is 20.7 Å². The number of rotatable bonds is 11. The third kappa shape index (κ3) is 8.02. The fourth-order valence-electron chi connectivity index (χ4n) is 4.65. The van der Waals surface area contributed by atoms with Gasteiger partial charge in [0.2, 0.25) is 0 Å². The number of carbonyl (C=O) groups excluding carboxylic acids is 1. The van der Waals surface area contributed by atoms with Crippen LogP contribution in [0.1, 0.15) is 51.3 Å². The highest BCUT2D eigenvalue weighted by Crippen LogP contribution is 2.33. The fraction of sp³-hybridized carbons (Fsp3) is 0.355. The zero-order valence-electron chi connectivity index (χ0n) is 24.5. The first-order chi connectivity index (χ1) is 20.4. The van der Waals surface area contributed by atoms with Crippen LogP contribution < -0.4 is 10.6 Å². The SMILES string of the molecule is COCCn1ncc2cc(Nc3nc(N[C@H](c4cc(F)cc(F)c4)[C@H](C)CC(=O)OC(C)(C)C)c(F)cc3C#N)ccc21. The van der Waals surface area contributed by atoms with Crippen LogP contribution in [0.25, 0.3) is 10.9 Å². The Morgan fingerprint density at radius 2 is 1.81 bits per heavy atom. The summed E-state index contributed by atoms with van der Waals surface area (Å²) < 4.78 is 56.1. The molecular formula is C31H33F3N6O3. The van der Waals surface area contributed by atoms with Gasteiger partial charge in [-0.15, -0.1) is 0 Å². The lowest BCUT2D eigenvalue weighted by Gasteiger charge is -2.28. The summed E-state index contributed by atoms with van der Waals surface area (Å²) in [5.74, 6) is -3.88. The Hall–Kier alpha value is -4.63. The second kappa shape index (κ2) is 13.1. The molecule has 0 amide bonds. The maximum Gasteiger partial charge on any atom is 0.306 e. The second-order valence-electron chi connectivity index (χ2n) is 11.2. The molecule has 0 aliphatic heterocycles. The average Bonchev–Trinajstić information content (AvgIpc) is 3.32. The van der Waals surface area contributed by atoms with E-state index in [4.69, 9.17) is 9.47 Å². The van der Waals surface area contributed by atoms with Crippen molar-refractivity contribution in [2.24, 2.45) is 5.92 Å². The van der Waals surface area contributed by atoms with E-state index in [1.807, 2.05) is 18.2 Å². The molecule has 9 nitrogen and oxygen atoms in total. The molecule has 0 fully saturated rings. The first-order valence-electron chi connectivity index (χ1n) is 13.6. The van der Waals surface area contributed by atoms with Crippen LogP contribution in [0.3, 0.4) is 0 Å². The minimum absolute atomic E-state index is 0.0569. The minimum atomic E-state index is -0.949. The van der Waals surface area contributed by atoms with E-state index in [0.717, 1.165) is 35.2 Å². The lowest BCUT2D eigenvalue weighted by molar-refractivity contribution is -0.155. The molecule has 0 unspecified atom stereocenters. The number of aromatic nitrogens is 3. The van der Waals surface area contributed by atoms with Gasteiger partial charge in [-0.25, -0.2) is 18.2 Å². The van der Waals surface area contributed by atoms with Gasteiger partial charge in [-0.1, -0.05) is 6.92 Å². The van der Waals surface area contributed by atoms with E-state index in [1.165, 1.54) is 0 Å². The van der Waals surface area contributed by atoms with Crippen LogP contribution in [0.4, 0.5) is 30.5 Å². The summed E-state index contributed by atoms with van der Waals surface area (Å²) >= 11 is 0. The summed E-state index contributed by atoms with van der Waals surface area (Å²) in [6, 6.07) is 10.4. The third-order valence-corrected chi connectivity index (χ3v) is 6.52. The number of ether oxygens (including phenoxy) is 2. The predicted molar refractivity (Wildman–Crippen MR) is 156 cm³/mol. The molecule has 2 aromatic carbocycles. The molecule has 4 rings (SSSR count). The molecule has 226 valence electrons. The Kier molecular flexibility index (Phi) is 9.56. The van der Waals surface area contributed by atoms with Crippen LogP contribution in [-0.4, -0.2) is 40.1 Å². The van der Waals surface area contributed by atoms with E-state index < -0.39 is 41.0 Å². The van der Waals surface area contributed by atoms with E-state index in [9.17, 15) is 18.8 Å². The molecule has 0 radical (unpaired) electrons. The number of benzene rings is 2. The first-order valence-corrected chi connectivity index (χ1v) is 13.6. The van der Waals surface area contributed by atoms with Gasteiger partial charge in [0.1, 0.15) is 23.3 Å². The number of methoxy groups -OCH3 is 1. The zero-order valence-corrected chi connectivity index (χ0v) is 24.5. The normalized spacial score (nSPS) is 12.9. The zero-order chi connectivity index (χ0) is 31.3. The number of pyridine rings is 1. The quantitative estimate of drug-likeness (QED) is 0.186. The number of hydrogen-bond acceptors (Lipinski definition) is 8. The van der Waals surface area contributed by atoms with Gasteiger partial charge in [0.15, 0.2) is 17.5 Å². The monoisotopic (exact) mass is 594 g/mol.